The van der Waals surface area contributed by atoms with Crippen LogP contribution < -0.4 is 0 Å². The Bertz CT molecular complexity index is 273. The molecule has 0 saturated heterocycles. The zero-order chi connectivity index (χ0) is 7.72. The number of aromatic nitrogens is 2. The van der Waals surface area contributed by atoms with Crippen molar-refractivity contribution in [2.24, 2.45) is 7.05 Å². The molecule has 1 rings (SSSR count). The quantitative estimate of drug-likeness (QED) is 0.806. The van der Waals surface area contributed by atoms with Gasteiger partial charge in [0.1, 0.15) is 4.60 Å². The van der Waals surface area contributed by atoms with Gasteiger partial charge >= 0.3 is 5.97 Å². The Balaban J connectivity index is 0.000001000. The summed E-state index contributed by atoms with van der Waals surface area (Å²) in [7, 11) is 1.71. The van der Waals surface area contributed by atoms with Crippen LogP contribution in [0, 0.1) is 0 Å². The van der Waals surface area contributed by atoms with Crippen LogP contribution in [0.4, 0.5) is 0 Å². The molecular weight excluding hydrogens is 235 g/mol. The molecule has 0 spiro atoms. The number of halogens is 2. The van der Waals surface area contributed by atoms with Crippen LogP contribution >= 0.6 is 28.3 Å². The fourth-order valence-electron chi connectivity index (χ4n) is 0.559. The Morgan fingerprint density at radius 3 is 2.55 bits per heavy atom. The predicted molar refractivity (Wildman–Crippen MR) is 45.1 cm³/mol. The van der Waals surface area contributed by atoms with Crippen LogP contribution in [-0.4, -0.2) is 20.6 Å². The van der Waals surface area contributed by atoms with E-state index in [-0.39, 0.29) is 18.1 Å². The first-order valence-electron chi connectivity index (χ1n) is 2.53. The Labute approximate surface area is 77.8 Å². The zero-order valence-corrected chi connectivity index (χ0v) is 8.02. The summed E-state index contributed by atoms with van der Waals surface area (Å²) in [5, 5.41) is 8.47. The van der Waals surface area contributed by atoms with E-state index in [1.807, 2.05) is 0 Å². The van der Waals surface area contributed by atoms with Gasteiger partial charge in [0.05, 0.1) is 6.33 Å². The number of hydrogen-bond donors (Lipinski definition) is 1. The van der Waals surface area contributed by atoms with Gasteiger partial charge in [0, 0.05) is 7.05 Å². The van der Waals surface area contributed by atoms with E-state index in [1.54, 1.807) is 11.6 Å². The second kappa shape index (κ2) is 3.73. The van der Waals surface area contributed by atoms with Gasteiger partial charge < -0.3 is 9.67 Å². The molecular formula is C5H6BrClN2O2. The molecule has 62 valence electrons. The fourth-order valence-corrected chi connectivity index (χ4v) is 0.922. The minimum Gasteiger partial charge on any atom is -0.476 e. The van der Waals surface area contributed by atoms with Crippen molar-refractivity contribution in [1.29, 1.82) is 0 Å². The van der Waals surface area contributed by atoms with Crippen molar-refractivity contribution in [2.75, 3.05) is 0 Å². The summed E-state index contributed by atoms with van der Waals surface area (Å²) in [6.45, 7) is 0. The lowest BCUT2D eigenvalue weighted by Crippen LogP contribution is -1.97. The fraction of sp³-hybridized carbons (Fsp3) is 0.200. The smallest absolute Gasteiger partial charge is 0.357 e. The summed E-state index contributed by atoms with van der Waals surface area (Å²) >= 11 is 3.07. The van der Waals surface area contributed by atoms with Crippen LogP contribution in [0.5, 0.6) is 0 Å². The minimum absolute atomic E-state index is 0. The highest BCUT2D eigenvalue weighted by Gasteiger charge is 2.11. The SMILES string of the molecule is Cl.Cn1cnc(C(=O)O)c1Br. The highest BCUT2D eigenvalue weighted by molar-refractivity contribution is 9.10. The van der Waals surface area contributed by atoms with Crippen molar-refractivity contribution in [1.82, 2.24) is 9.55 Å². The van der Waals surface area contributed by atoms with E-state index in [0.717, 1.165) is 0 Å². The molecule has 0 radical (unpaired) electrons. The average molecular weight is 241 g/mol. The van der Waals surface area contributed by atoms with Crippen molar-refractivity contribution < 1.29 is 9.90 Å². The van der Waals surface area contributed by atoms with Crippen LogP contribution in [0.25, 0.3) is 0 Å². The van der Waals surface area contributed by atoms with Crippen LogP contribution in [0.15, 0.2) is 10.9 Å². The first-order valence-corrected chi connectivity index (χ1v) is 3.32. The van der Waals surface area contributed by atoms with E-state index >= 15 is 0 Å². The summed E-state index contributed by atoms with van der Waals surface area (Å²) in [6.07, 6.45) is 1.44. The second-order valence-corrected chi connectivity index (χ2v) is 2.55. The maximum absolute atomic E-state index is 10.3. The Morgan fingerprint density at radius 1 is 1.82 bits per heavy atom. The number of carboxylic acids is 1. The number of rotatable bonds is 1. The van der Waals surface area contributed by atoms with Crippen molar-refractivity contribution in [3.8, 4) is 0 Å². The molecule has 1 N–H and O–H groups in total. The third-order valence-electron chi connectivity index (χ3n) is 1.07. The lowest BCUT2D eigenvalue weighted by molar-refractivity contribution is 0.0690. The maximum atomic E-state index is 10.3. The van der Waals surface area contributed by atoms with E-state index in [0.29, 0.717) is 4.60 Å². The molecule has 1 heterocycles. The van der Waals surface area contributed by atoms with Crippen LogP contribution in [0.3, 0.4) is 0 Å². The number of aryl methyl sites for hydroxylation is 1. The van der Waals surface area contributed by atoms with Gasteiger partial charge in [0.2, 0.25) is 0 Å². The molecule has 6 heteroatoms. The van der Waals surface area contributed by atoms with Crippen LogP contribution in [0.2, 0.25) is 0 Å². The number of hydrogen-bond acceptors (Lipinski definition) is 2. The van der Waals surface area contributed by atoms with Crippen LogP contribution in [-0.2, 0) is 7.05 Å². The summed E-state index contributed by atoms with van der Waals surface area (Å²) in [6, 6.07) is 0. The molecule has 4 nitrogen and oxygen atoms in total. The molecule has 0 aliphatic carbocycles. The highest BCUT2D eigenvalue weighted by Crippen LogP contribution is 2.12. The normalized spacial score (nSPS) is 8.91. The summed E-state index contributed by atoms with van der Waals surface area (Å²) in [5.41, 5.74) is 0.0440. The Morgan fingerprint density at radius 2 is 2.36 bits per heavy atom. The largest absolute Gasteiger partial charge is 0.476 e. The number of nitrogens with zero attached hydrogens (tertiary/aromatic N) is 2. The van der Waals surface area contributed by atoms with E-state index in [2.05, 4.69) is 20.9 Å². The third-order valence-corrected chi connectivity index (χ3v) is 2.00. The molecule has 0 aromatic carbocycles. The van der Waals surface area contributed by atoms with Crippen LogP contribution in [0.1, 0.15) is 10.5 Å². The molecule has 0 unspecified atom stereocenters. The average Bonchev–Trinajstić information content (AvgIpc) is 2.14. The molecule has 0 bridgehead atoms. The number of carboxylic acid groups (broad SMARTS) is 1. The van der Waals surface area contributed by atoms with E-state index in [1.165, 1.54) is 6.33 Å². The van der Waals surface area contributed by atoms with E-state index in [9.17, 15) is 4.79 Å². The van der Waals surface area contributed by atoms with Crippen molar-refractivity contribution in [3.63, 3.8) is 0 Å². The monoisotopic (exact) mass is 240 g/mol. The molecule has 1 aromatic rings. The summed E-state index contributed by atoms with van der Waals surface area (Å²) in [5.74, 6) is -1.02. The predicted octanol–water partition coefficient (Wildman–Crippen LogP) is 1.30. The molecule has 0 atom stereocenters. The maximum Gasteiger partial charge on any atom is 0.357 e. The van der Waals surface area contributed by atoms with Gasteiger partial charge in [-0.3, -0.25) is 0 Å². The van der Waals surface area contributed by atoms with Gasteiger partial charge in [-0.15, -0.1) is 12.4 Å². The highest BCUT2D eigenvalue weighted by atomic mass is 79.9. The number of carbonyl (C=O) groups is 1. The van der Waals surface area contributed by atoms with Crippen molar-refractivity contribution >= 4 is 34.3 Å². The first-order chi connectivity index (χ1) is 4.63. The number of aromatic carboxylic acids is 1. The molecule has 0 aliphatic rings. The van der Waals surface area contributed by atoms with Gasteiger partial charge in [0.25, 0.3) is 0 Å². The first kappa shape index (κ1) is 10.4. The standard InChI is InChI=1S/C5H5BrN2O2.ClH/c1-8-2-7-3(4(8)6)5(9)10;/h2H,1H3,(H,9,10);1H. The van der Waals surface area contributed by atoms with Crippen molar-refractivity contribution in [2.45, 2.75) is 0 Å². The lowest BCUT2D eigenvalue weighted by atomic mass is 10.5. The molecule has 0 fully saturated rings. The van der Waals surface area contributed by atoms with Gasteiger partial charge in [-0.1, -0.05) is 0 Å². The summed E-state index contributed by atoms with van der Waals surface area (Å²) < 4.78 is 2.07. The zero-order valence-electron chi connectivity index (χ0n) is 5.61. The third kappa shape index (κ3) is 1.94. The molecule has 0 aliphatic heterocycles. The van der Waals surface area contributed by atoms with E-state index in [4.69, 9.17) is 5.11 Å². The molecule has 0 amide bonds. The Kier molecular flexibility index (Phi) is 3.54. The lowest BCUT2D eigenvalue weighted by Gasteiger charge is -1.90. The van der Waals surface area contributed by atoms with Gasteiger partial charge in [-0.2, -0.15) is 0 Å². The van der Waals surface area contributed by atoms with E-state index < -0.39 is 5.97 Å². The molecule has 11 heavy (non-hydrogen) atoms. The minimum atomic E-state index is -1.02. The Hall–Kier alpha value is -0.550. The topological polar surface area (TPSA) is 55.1 Å². The van der Waals surface area contributed by atoms with Crippen molar-refractivity contribution in [3.05, 3.63) is 16.6 Å². The molecule has 0 saturated carbocycles. The second-order valence-electron chi connectivity index (χ2n) is 1.80. The van der Waals surface area contributed by atoms with Gasteiger partial charge in [0.15, 0.2) is 5.69 Å². The number of imidazole rings is 1. The molecule has 1 aromatic heterocycles. The summed E-state index contributed by atoms with van der Waals surface area (Å²) in [4.78, 5) is 14.0. The van der Waals surface area contributed by atoms with Gasteiger partial charge in [-0.25, -0.2) is 9.78 Å². The van der Waals surface area contributed by atoms with Gasteiger partial charge in [-0.05, 0) is 15.9 Å².